The molecule has 0 spiro atoms. The maximum atomic E-state index is 13.6. The Kier molecular flexibility index (Phi) is 37.0. The second-order valence-corrected chi connectivity index (χ2v) is 45.2. The molecule has 46 nitrogen and oxygen atoms in total. The van der Waals surface area contributed by atoms with Crippen LogP contribution in [0.15, 0.2) is 172 Å². The number of nitrogens with zero attached hydrogens (tertiary/aromatic N) is 13. The number of H-pyrrole nitrogens is 1. The average Bonchev–Trinajstić information content (AvgIpc) is 1.52. The number of carbonyl (C=O) groups is 3. The highest BCUT2D eigenvalue weighted by atomic mass is 35.5. The van der Waals surface area contributed by atoms with Crippen molar-refractivity contribution in [1.29, 1.82) is 0 Å². The highest BCUT2D eigenvalue weighted by Gasteiger charge is 2.61. The van der Waals surface area contributed by atoms with Gasteiger partial charge in [-0.1, -0.05) is 191 Å². The van der Waals surface area contributed by atoms with Crippen molar-refractivity contribution >= 4 is 202 Å². The lowest BCUT2D eigenvalue weighted by molar-refractivity contribution is -0.120. The number of Topliss-reactive ketones (excluding diaryl/α,β-unsaturated/α-hetero) is 3. The quantitative estimate of drug-likeness (QED) is 0.0146. The summed E-state index contributed by atoms with van der Waals surface area (Å²) in [6.45, 7) is 6.79. The number of nitrogens with one attached hydrogen (secondary N) is 1. The molecule has 5 aliphatic rings. The van der Waals surface area contributed by atoms with Crippen LogP contribution >= 0.6 is 139 Å². The molecule has 21 atom stereocenters. The van der Waals surface area contributed by atoms with E-state index in [-0.39, 0.29) is 77.2 Å². The maximum Gasteiger partial charge on any atom is 0.379 e. The number of ketones is 3. The molecule has 0 amide bonds. The van der Waals surface area contributed by atoms with Gasteiger partial charge in [-0.05, 0) is 69.3 Å². The van der Waals surface area contributed by atoms with Crippen LogP contribution in [0.3, 0.4) is 0 Å². The van der Waals surface area contributed by atoms with E-state index in [0.29, 0.717) is 28.1 Å². The van der Waals surface area contributed by atoms with Crippen molar-refractivity contribution in [2.24, 2.45) is 17.8 Å². The molecular formula is C80H93Cl10N18O28P3. The van der Waals surface area contributed by atoms with Gasteiger partial charge in [-0.3, -0.25) is 60.6 Å². The van der Waals surface area contributed by atoms with Gasteiger partial charge in [-0.2, -0.15) is 9.97 Å². The van der Waals surface area contributed by atoms with E-state index in [0.717, 1.165) is 26.0 Å². The van der Waals surface area contributed by atoms with Gasteiger partial charge in [0.15, 0.2) is 75.7 Å². The molecule has 0 radical (unpaired) electrons. The smallest absolute Gasteiger partial charge is 0.379 e. The lowest BCUT2D eigenvalue weighted by atomic mass is 10.1. The first kappa shape index (κ1) is 111. The zero-order chi connectivity index (χ0) is 102. The highest BCUT2D eigenvalue weighted by molar-refractivity contribution is 7.55. The number of carbonyl (C=O) groups excluding carboxylic acids is 3. The van der Waals surface area contributed by atoms with Gasteiger partial charge in [0.25, 0.3) is 5.56 Å². The van der Waals surface area contributed by atoms with Gasteiger partial charge in [0.1, 0.15) is 131 Å². The number of rotatable bonds is 31. The molecule has 0 saturated carbocycles. The van der Waals surface area contributed by atoms with Crippen LogP contribution in [0.1, 0.15) is 72.7 Å². The van der Waals surface area contributed by atoms with E-state index in [1.807, 2.05) is 4.98 Å². The van der Waals surface area contributed by atoms with Crippen molar-refractivity contribution in [2.45, 2.75) is 155 Å². The Labute approximate surface area is 838 Å². The lowest BCUT2D eigenvalue weighted by Gasteiger charge is -2.24. The number of aliphatic hydroxyl groups is 7. The van der Waals surface area contributed by atoms with Crippen LogP contribution in [0, 0.1) is 17.8 Å². The molecular weight excluding hydrogens is 2110 g/mol. The number of nitrogen functional groups attached to an aromatic ring is 4. The number of imidazole rings is 2. The van der Waals surface area contributed by atoms with Gasteiger partial charge >= 0.3 is 39.9 Å². The van der Waals surface area contributed by atoms with Crippen LogP contribution in [-0.4, -0.2) is 255 Å². The number of hydrogen-bond acceptors (Lipinski definition) is 40. The largest absolute Gasteiger partial charge is 0.424 e. The molecule has 3 aromatic carbocycles. The van der Waals surface area contributed by atoms with Crippen molar-refractivity contribution in [2.75, 3.05) is 74.5 Å². The Bertz CT molecular complexity index is 6370. The molecule has 59 heteroatoms. The molecule has 756 valence electrons. The van der Waals surface area contributed by atoms with Crippen LogP contribution in [0.4, 0.5) is 23.3 Å². The van der Waals surface area contributed by atoms with Gasteiger partial charge in [-0.15, -0.1) is 0 Å². The highest BCUT2D eigenvalue weighted by Crippen LogP contribution is 2.58. The molecule has 139 heavy (non-hydrogen) atoms. The van der Waals surface area contributed by atoms with Gasteiger partial charge < -0.3 is 95.9 Å². The molecule has 7 aromatic heterocycles. The molecule has 3 unspecified atom stereocenters. The number of aliphatic hydroxyl groups excluding tert-OH is 7. The number of fused-ring (bicyclic) bond motifs is 2. The summed E-state index contributed by atoms with van der Waals surface area (Å²) < 4.78 is 98.9. The monoisotopic (exact) mass is 2200 g/mol. The Balaban J connectivity index is 0.000000170. The lowest BCUT2D eigenvalue weighted by Crippen LogP contribution is -2.41. The number of anilines is 4. The second kappa shape index (κ2) is 46.2. The zero-order valence-corrected chi connectivity index (χ0v) is 83.7. The van der Waals surface area contributed by atoms with E-state index in [1.165, 1.54) is 79.7 Å². The van der Waals surface area contributed by atoms with Crippen molar-refractivity contribution in [3.63, 3.8) is 0 Å². The third-order valence-corrected chi connectivity index (χ3v) is 31.9. The number of nitrogens with two attached hydrogens (primary N) is 4. The summed E-state index contributed by atoms with van der Waals surface area (Å²) in [7, 11) is -11.6. The van der Waals surface area contributed by atoms with Crippen molar-refractivity contribution in [3.05, 3.63) is 195 Å². The standard InChI is InChI=1S/C21H24Cl2N5O6P.C20H24Cl2N3O7P.C20H23Cl2N2O8P.C10H11Cl2N5O3.C9H11Cl2N3O4/c1-12(13(2)29)9-35(31,34-14-6-4-3-5-7-14)32-8-15-17(30)21(22,23)20(33-15)28-11-27-16-18(24)25-10-26-19(16)28;1-12(13(2)26)11-33(29,32-14-6-4-3-5-7-14)30-10-15-17(27)20(21,22)18(31-15)25-9-8-16(23)24-19(25)28;1-12(13(2)25)11-33(29,32-14-6-4-3-5-7-14)30-10-15-17(27)20(21,22)18(31-15)24-9-8-16(26)23-19(24)28;11-10(12)6(19)4(1-18)20-9(10)17-3-16-5-7(13)14-2-15-8(5)17;10-9(11)6(16)4(3-15)18-7(9)14-2-1-5(12)13-8(14)17/h3-7,10-12,15,17,20,30H,8-9H2,1-2H3,(H2,24,25,26);3-9,12,15,17-18,27H,10-11H2,1-2H3,(H2,23,24,28);3-9,12,15,17-18,27H,10-11H2,1-2H3,(H,23,26,28);2-4,6,9,18-19H,1H2,(H2,13,14,15);1-2,4,6-7,15-16H,3H2,(H2,12,13,17)/t12-,15-,17+,20-,35?;2*12-,15-,17+,18-,33?;4-,6+,9-;4-,6+,7-/m11111/s1. The third kappa shape index (κ3) is 26.1. The van der Waals surface area contributed by atoms with E-state index in [4.69, 9.17) is 200 Å². The van der Waals surface area contributed by atoms with E-state index < -0.39 is 203 Å². The average molecular weight is 2200 g/mol. The van der Waals surface area contributed by atoms with Crippen molar-refractivity contribution < 1.29 is 115 Å². The van der Waals surface area contributed by atoms with Crippen molar-refractivity contribution in [3.8, 4) is 17.2 Å². The molecule has 5 aliphatic heterocycles. The molecule has 0 bridgehead atoms. The predicted molar refractivity (Wildman–Crippen MR) is 509 cm³/mol. The summed E-state index contributed by atoms with van der Waals surface area (Å²) in [4.78, 5) is 116. The molecule has 0 aliphatic carbocycles. The summed E-state index contributed by atoms with van der Waals surface area (Å²) in [5.74, 6) is -1.13. The fraction of sp³-hybridized carbons (Fsp3) is 0.463. The Morgan fingerprint density at radius 1 is 0.410 bits per heavy atom. The minimum absolute atomic E-state index is 0.0111. The molecule has 10 aromatic rings. The van der Waals surface area contributed by atoms with Gasteiger partial charge in [0.05, 0.1) is 64.2 Å². The number of alkyl halides is 10. The summed E-state index contributed by atoms with van der Waals surface area (Å²) in [5, 5.41) is 70.0. The first-order valence-electron chi connectivity index (χ1n) is 41.3. The molecule has 16 N–H and O–H groups in total. The number of para-hydroxylation sites is 3. The van der Waals surface area contributed by atoms with Gasteiger partial charge in [-0.25, -0.2) is 58.0 Å². The Hall–Kier alpha value is -8.20. The van der Waals surface area contributed by atoms with Crippen LogP contribution in [0.2, 0.25) is 0 Å². The number of aromatic nitrogens is 14. The fourth-order valence-corrected chi connectivity index (χ4v) is 22.6. The number of hydrogen-bond donors (Lipinski definition) is 12. The molecule has 5 fully saturated rings. The van der Waals surface area contributed by atoms with Gasteiger partial charge in [0.2, 0.25) is 0 Å². The predicted octanol–water partition coefficient (Wildman–Crippen LogP) is 7.69. The fourth-order valence-electron chi connectivity index (χ4n) is 13.7. The third-order valence-electron chi connectivity index (χ3n) is 21.7. The van der Waals surface area contributed by atoms with E-state index >= 15 is 0 Å². The number of benzene rings is 3. The summed E-state index contributed by atoms with van der Waals surface area (Å²) in [6, 6.07) is 28.8. The first-order chi connectivity index (χ1) is 65.2. The second-order valence-electron chi connectivity index (χ2n) is 31.9. The first-order valence-corrected chi connectivity index (χ1v) is 50.3. The normalized spacial score (nSPS) is 26.0. The molecule has 5 saturated heterocycles. The van der Waals surface area contributed by atoms with Gasteiger partial charge in [0, 0.05) is 42.4 Å². The van der Waals surface area contributed by atoms with E-state index in [9.17, 15) is 72.8 Å². The number of aromatic amines is 1. The minimum atomic E-state index is -3.89. The van der Waals surface area contributed by atoms with E-state index in [2.05, 4.69) is 39.9 Å². The maximum absolute atomic E-state index is 13.6. The van der Waals surface area contributed by atoms with Crippen LogP contribution in [0.25, 0.3) is 22.3 Å². The van der Waals surface area contributed by atoms with E-state index in [1.54, 1.807) is 112 Å². The van der Waals surface area contributed by atoms with Crippen LogP contribution in [-0.2, 0) is 65.3 Å². The Morgan fingerprint density at radius 3 is 0.957 bits per heavy atom. The van der Waals surface area contributed by atoms with Crippen LogP contribution < -0.4 is 59.1 Å². The number of ether oxygens (including phenoxy) is 5. The zero-order valence-electron chi connectivity index (χ0n) is 73.4. The summed E-state index contributed by atoms with van der Waals surface area (Å²) in [5.41, 5.74) is 20.8. The number of halogens is 10. The molecule has 12 heterocycles. The summed E-state index contributed by atoms with van der Waals surface area (Å²) in [6.07, 6.45) is -9.97. The summed E-state index contributed by atoms with van der Waals surface area (Å²) >= 11 is 62.3. The van der Waals surface area contributed by atoms with Crippen molar-refractivity contribution in [1.82, 2.24) is 67.7 Å². The topological polar surface area (TPSA) is 661 Å². The van der Waals surface area contributed by atoms with Crippen LogP contribution in [0.5, 0.6) is 17.2 Å². The molecule has 15 rings (SSSR count). The minimum Gasteiger partial charge on any atom is -0.424 e. The Morgan fingerprint density at radius 2 is 0.683 bits per heavy atom. The SMILES string of the molecule is CC(=O)[C@H](C)CP(=O)(OC[C@H]1O[C@@H](n2ccc(=O)[nH]c2=O)C(Cl)(Cl)[C@H]1O)Oc1ccccc1.CC(=O)[C@H](C)CP(=O)(OC[C@H]1O[C@@H](n2ccc(N)nc2=O)C(Cl)(Cl)[C@H]1O)Oc1ccccc1.CC(=O)[C@H](C)CP(=O)(OC[C@H]1O[C@@H](n2cnc3c(N)ncnc32)C(Cl)(Cl)[C@H]1O)Oc1ccccc1.Nc1ccn([C@@H]2O[C@H](CO)[C@H](O)C2(Cl)Cl)c(=O)n1.Nc1ncnc2c1ncn2[C@@H]1O[C@H](CO)[C@H](O)C1(Cl)Cl.